The van der Waals surface area contributed by atoms with Gasteiger partial charge in [0.15, 0.2) is 0 Å². The average Bonchev–Trinajstić information content (AvgIpc) is 3.11. The van der Waals surface area contributed by atoms with Crippen LogP contribution in [0.2, 0.25) is 0 Å². The Bertz CT molecular complexity index is 636. The van der Waals surface area contributed by atoms with Crippen LogP contribution >= 0.6 is 11.8 Å². The van der Waals surface area contributed by atoms with Gasteiger partial charge < -0.3 is 15.3 Å². The van der Waals surface area contributed by atoms with Gasteiger partial charge in [0.1, 0.15) is 0 Å². The number of amides is 1. The molecular formula is C18H24N2O3S. The van der Waals surface area contributed by atoms with E-state index in [0.717, 1.165) is 36.4 Å². The molecule has 2 atom stereocenters. The second kappa shape index (κ2) is 7.15. The first-order valence-electron chi connectivity index (χ1n) is 8.44. The number of nitrogens with zero attached hydrogens (tertiary/aromatic N) is 1. The molecule has 5 nitrogen and oxygen atoms in total. The van der Waals surface area contributed by atoms with Gasteiger partial charge in [-0.1, -0.05) is 18.6 Å². The summed E-state index contributed by atoms with van der Waals surface area (Å²) in [5.41, 5.74) is 0.275. The van der Waals surface area contributed by atoms with Crippen LogP contribution < -0.4 is 5.32 Å². The first-order valence-corrected chi connectivity index (χ1v) is 9.66. The molecule has 1 aliphatic carbocycles. The fraction of sp³-hybridized carbons (Fsp3) is 0.556. The number of anilines is 1. The van der Waals surface area contributed by atoms with Gasteiger partial charge >= 0.3 is 5.97 Å². The van der Waals surface area contributed by atoms with Crippen LogP contribution in [0, 0.1) is 11.3 Å². The Morgan fingerprint density at radius 3 is 2.92 bits per heavy atom. The molecule has 0 aromatic heterocycles. The molecule has 2 N–H and O–H groups in total. The van der Waals surface area contributed by atoms with Crippen molar-refractivity contribution in [3.05, 3.63) is 24.3 Å². The second-order valence-electron chi connectivity index (χ2n) is 6.78. The van der Waals surface area contributed by atoms with E-state index >= 15 is 0 Å². The molecule has 0 radical (unpaired) electrons. The van der Waals surface area contributed by atoms with E-state index < -0.39 is 11.4 Å². The van der Waals surface area contributed by atoms with Crippen molar-refractivity contribution in [3.63, 3.8) is 0 Å². The molecule has 1 saturated heterocycles. The number of carbonyl (C=O) groups excluding carboxylic acids is 1. The minimum absolute atomic E-state index is 0.0158. The second-order valence-corrected chi connectivity index (χ2v) is 7.63. The monoisotopic (exact) mass is 348 g/mol. The van der Waals surface area contributed by atoms with Crippen molar-refractivity contribution in [2.24, 2.45) is 11.3 Å². The van der Waals surface area contributed by atoms with Crippen LogP contribution in [-0.2, 0) is 9.59 Å². The van der Waals surface area contributed by atoms with Crippen LogP contribution in [-0.4, -0.2) is 47.8 Å². The van der Waals surface area contributed by atoms with E-state index in [4.69, 9.17) is 0 Å². The summed E-state index contributed by atoms with van der Waals surface area (Å²) in [5.74, 6) is -0.431. The molecule has 1 heterocycles. The highest BCUT2D eigenvalue weighted by Gasteiger charge is 2.54. The first kappa shape index (κ1) is 17.3. The summed E-state index contributed by atoms with van der Waals surface area (Å²) < 4.78 is 0. The molecule has 1 aromatic carbocycles. The zero-order valence-electron chi connectivity index (χ0n) is 14.0. The van der Waals surface area contributed by atoms with Crippen molar-refractivity contribution >= 4 is 29.3 Å². The van der Waals surface area contributed by atoms with E-state index in [1.165, 1.54) is 0 Å². The summed E-state index contributed by atoms with van der Waals surface area (Å²) in [7, 11) is 0. The topological polar surface area (TPSA) is 69.6 Å². The Morgan fingerprint density at radius 2 is 2.21 bits per heavy atom. The number of benzene rings is 1. The van der Waals surface area contributed by atoms with E-state index in [0.29, 0.717) is 19.5 Å². The Labute approximate surface area is 146 Å². The Morgan fingerprint density at radius 1 is 1.42 bits per heavy atom. The molecular weight excluding hydrogens is 324 g/mol. The number of likely N-dealkylation sites (tertiary alicyclic amines) is 1. The van der Waals surface area contributed by atoms with Crippen LogP contribution in [0.3, 0.4) is 0 Å². The van der Waals surface area contributed by atoms with Crippen LogP contribution in [0.15, 0.2) is 29.2 Å². The summed E-state index contributed by atoms with van der Waals surface area (Å²) in [5, 5.41) is 12.6. The number of hydrogen-bond acceptors (Lipinski definition) is 4. The molecule has 130 valence electrons. The highest BCUT2D eigenvalue weighted by Crippen LogP contribution is 2.48. The molecule has 0 unspecified atom stereocenters. The Hall–Kier alpha value is -1.53. The van der Waals surface area contributed by atoms with E-state index in [9.17, 15) is 14.7 Å². The van der Waals surface area contributed by atoms with Crippen molar-refractivity contribution in [1.82, 2.24) is 4.90 Å². The van der Waals surface area contributed by atoms with Crippen LogP contribution in [0.4, 0.5) is 5.69 Å². The third-order valence-electron chi connectivity index (χ3n) is 5.40. The van der Waals surface area contributed by atoms with Gasteiger partial charge in [-0.05, 0) is 37.1 Å². The minimum Gasteiger partial charge on any atom is -0.481 e. The number of carboxylic acids is 1. The van der Waals surface area contributed by atoms with Crippen molar-refractivity contribution in [2.75, 3.05) is 31.2 Å². The zero-order valence-corrected chi connectivity index (χ0v) is 14.8. The SMILES string of the molecule is CSc1ccccc1NC(=O)CCN1C[C@@H]2CCC[C@@]2(C(=O)O)C1. The predicted molar refractivity (Wildman–Crippen MR) is 95.3 cm³/mol. The lowest BCUT2D eigenvalue weighted by Crippen LogP contribution is -2.36. The Kier molecular flexibility index (Phi) is 5.15. The van der Waals surface area contributed by atoms with Crippen molar-refractivity contribution in [2.45, 2.75) is 30.6 Å². The van der Waals surface area contributed by atoms with E-state index in [2.05, 4.69) is 10.2 Å². The van der Waals surface area contributed by atoms with E-state index in [1.54, 1.807) is 11.8 Å². The molecule has 24 heavy (non-hydrogen) atoms. The molecule has 0 spiro atoms. The van der Waals surface area contributed by atoms with Crippen molar-refractivity contribution in [1.29, 1.82) is 0 Å². The standard InChI is InChI=1S/C18H24N2O3S/c1-24-15-7-3-2-6-14(15)19-16(21)8-10-20-11-13-5-4-9-18(13,12-20)17(22)23/h2-3,6-7,13H,4-5,8-12H2,1H3,(H,19,21)(H,22,23)/t13-,18+/m0/s1. The molecule has 6 heteroatoms. The zero-order chi connectivity index (χ0) is 17.2. The number of thioether (sulfide) groups is 1. The normalized spacial score (nSPS) is 26.3. The fourth-order valence-corrected chi connectivity index (χ4v) is 4.69. The number of carbonyl (C=O) groups is 2. The number of aliphatic carboxylic acids is 1. The number of fused-ring (bicyclic) bond motifs is 1. The van der Waals surface area contributed by atoms with E-state index in [-0.39, 0.29) is 11.8 Å². The molecule has 0 bridgehead atoms. The number of para-hydroxylation sites is 1. The number of hydrogen-bond donors (Lipinski definition) is 2. The smallest absolute Gasteiger partial charge is 0.311 e. The van der Waals surface area contributed by atoms with Crippen LogP contribution in [0.1, 0.15) is 25.7 Å². The van der Waals surface area contributed by atoms with Crippen LogP contribution in [0.25, 0.3) is 0 Å². The maximum Gasteiger partial charge on any atom is 0.311 e. The van der Waals surface area contributed by atoms with E-state index in [1.807, 2.05) is 30.5 Å². The molecule has 1 aromatic rings. The van der Waals surface area contributed by atoms with Gasteiger partial charge in [0.25, 0.3) is 0 Å². The number of nitrogens with one attached hydrogen (secondary N) is 1. The van der Waals surface area contributed by atoms with Gasteiger partial charge in [-0.15, -0.1) is 11.8 Å². The molecule has 1 amide bonds. The van der Waals surface area contributed by atoms with Gasteiger partial charge in [-0.3, -0.25) is 9.59 Å². The lowest BCUT2D eigenvalue weighted by atomic mass is 9.81. The largest absolute Gasteiger partial charge is 0.481 e. The van der Waals surface area contributed by atoms with Gasteiger partial charge in [-0.2, -0.15) is 0 Å². The quantitative estimate of drug-likeness (QED) is 0.774. The summed E-state index contributed by atoms with van der Waals surface area (Å²) in [6, 6.07) is 7.76. The maximum atomic E-state index is 12.2. The first-order chi connectivity index (χ1) is 11.5. The van der Waals surface area contributed by atoms with Crippen molar-refractivity contribution < 1.29 is 14.7 Å². The summed E-state index contributed by atoms with van der Waals surface area (Å²) >= 11 is 1.60. The molecule has 1 saturated carbocycles. The number of carboxylic acid groups (broad SMARTS) is 1. The van der Waals surface area contributed by atoms with Gasteiger partial charge in [-0.25, -0.2) is 0 Å². The highest BCUT2D eigenvalue weighted by atomic mass is 32.2. The lowest BCUT2D eigenvalue weighted by molar-refractivity contribution is -0.149. The van der Waals surface area contributed by atoms with Gasteiger partial charge in [0, 0.05) is 31.0 Å². The lowest BCUT2D eigenvalue weighted by Gasteiger charge is -2.23. The molecule has 1 aliphatic heterocycles. The average molecular weight is 348 g/mol. The highest BCUT2D eigenvalue weighted by molar-refractivity contribution is 7.98. The molecule has 2 fully saturated rings. The molecule has 3 rings (SSSR count). The maximum absolute atomic E-state index is 12.2. The van der Waals surface area contributed by atoms with Crippen LogP contribution in [0.5, 0.6) is 0 Å². The van der Waals surface area contributed by atoms with Gasteiger partial charge in [0.2, 0.25) is 5.91 Å². The van der Waals surface area contributed by atoms with Gasteiger partial charge in [0.05, 0.1) is 11.1 Å². The number of rotatable bonds is 6. The Balaban J connectivity index is 1.53. The predicted octanol–water partition coefficient (Wildman–Crippen LogP) is 2.92. The summed E-state index contributed by atoms with van der Waals surface area (Å²) in [4.78, 5) is 27.1. The van der Waals surface area contributed by atoms with Crippen molar-refractivity contribution in [3.8, 4) is 0 Å². The summed E-state index contributed by atoms with van der Waals surface area (Å²) in [6.07, 6.45) is 5.16. The third-order valence-corrected chi connectivity index (χ3v) is 6.20. The third kappa shape index (κ3) is 3.30. The molecule has 2 aliphatic rings. The minimum atomic E-state index is -0.661. The fourth-order valence-electron chi connectivity index (χ4n) is 4.13. The summed E-state index contributed by atoms with van der Waals surface area (Å²) in [6.45, 7) is 2.02.